The van der Waals surface area contributed by atoms with Gasteiger partial charge in [0.25, 0.3) is 11.8 Å². The fraction of sp³-hybridized carbons (Fsp3) is 0.111. The van der Waals surface area contributed by atoms with Crippen LogP contribution in [0.1, 0.15) is 22.7 Å². The molecule has 1 aromatic heterocycles. The Morgan fingerprint density at radius 1 is 0.879 bits per heavy atom. The lowest BCUT2D eigenvalue weighted by Gasteiger charge is -2.29. The summed E-state index contributed by atoms with van der Waals surface area (Å²) in [6.45, 7) is 0.482. The van der Waals surface area contributed by atoms with E-state index in [4.69, 9.17) is 4.74 Å². The van der Waals surface area contributed by atoms with Crippen molar-refractivity contribution in [2.45, 2.75) is 18.6 Å². The Bertz CT molecular complexity index is 1450. The van der Waals surface area contributed by atoms with Crippen molar-refractivity contribution in [1.29, 1.82) is 0 Å². The zero-order valence-corrected chi connectivity index (χ0v) is 17.5. The van der Waals surface area contributed by atoms with Crippen LogP contribution in [-0.2, 0) is 20.9 Å². The van der Waals surface area contributed by atoms with Crippen LogP contribution in [0.5, 0.6) is 0 Å². The molecule has 5 aliphatic rings. The largest absolute Gasteiger partial charge is 0.489 e. The lowest BCUT2D eigenvalue weighted by Crippen LogP contribution is -2.28. The molecule has 7 rings (SSSR count). The van der Waals surface area contributed by atoms with E-state index < -0.39 is 0 Å². The predicted octanol–water partition coefficient (Wildman–Crippen LogP) is 3.28. The van der Waals surface area contributed by atoms with E-state index in [1.807, 2.05) is 60.8 Å². The van der Waals surface area contributed by atoms with Crippen molar-refractivity contribution in [2.24, 2.45) is 0 Å². The Kier molecular flexibility index (Phi) is 3.65. The highest BCUT2D eigenvalue weighted by Gasteiger charge is 2.48. The smallest absolute Gasteiger partial charge is 0.259 e. The van der Waals surface area contributed by atoms with Crippen molar-refractivity contribution in [3.05, 3.63) is 123 Å². The highest BCUT2D eigenvalue weighted by atomic mass is 16.5. The zero-order chi connectivity index (χ0) is 22.1. The molecule has 2 amide bonds. The number of amides is 2. The molecule has 3 aliphatic carbocycles. The number of imide groups is 1. The molecule has 2 aliphatic heterocycles. The van der Waals surface area contributed by atoms with Gasteiger partial charge in [-0.1, -0.05) is 48.6 Å². The molecule has 0 radical (unpaired) electrons. The molecule has 6 nitrogen and oxygen atoms in total. The number of carbonyl (C=O) groups excluding carboxylic acids is 2. The summed E-state index contributed by atoms with van der Waals surface area (Å²) in [5, 5.41) is 6.13. The molecule has 0 fully saturated rings. The molecule has 160 valence electrons. The molecule has 2 atom stereocenters. The number of rotatable bonds is 3. The van der Waals surface area contributed by atoms with Gasteiger partial charge in [0.05, 0.1) is 17.5 Å². The van der Waals surface area contributed by atoms with E-state index in [1.54, 1.807) is 0 Å². The maximum Gasteiger partial charge on any atom is 0.259 e. The van der Waals surface area contributed by atoms with Gasteiger partial charge in [-0.05, 0) is 40.5 Å². The molecule has 0 saturated heterocycles. The molecular formula is C27H19N3O3. The number of aromatic amines is 1. The summed E-state index contributed by atoms with van der Waals surface area (Å²) < 4.78 is 6.03. The van der Waals surface area contributed by atoms with Crippen LogP contribution in [0, 0.1) is 0 Å². The highest BCUT2D eigenvalue weighted by Crippen LogP contribution is 2.51. The second-order valence-corrected chi connectivity index (χ2v) is 8.64. The molecular weight excluding hydrogens is 414 g/mol. The third-order valence-corrected chi connectivity index (χ3v) is 6.83. The van der Waals surface area contributed by atoms with Crippen LogP contribution in [0.2, 0.25) is 0 Å². The van der Waals surface area contributed by atoms with Crippen molar-refractivity contribution >= 4 is 17.9 Å². The van der Waals surface area contributed by atoms with Gasteiger partial charge < -0.3 is 15.0 Å². The van der Waals surface area contributed by atoms with Gasteiger partial charge in [0.15, 0.2) is 0 Å². The van der Waals surface area contributed by atoms with Gasteiger partial charge in [0, 0.05) is 28.7 Å². The van der Waals surface area contributed by atoms with E-state index >= 15 is 0 Å². The van der Waals surface area contributed by atoms with E-state index in [0.29, 0.717) is 17.8 Å². The van der Waals surface area contributed by atoms with Gasteiger partial charge in [-0.3, -0.25) is 14.9 Å². The monoisotopic (exact) mass is 433 g/mol. The van der Waals surface area contributed by atoms with E-state index in [2.05, 4.69) is 27.8 Å². The third-order valence-electron chi connectivity index (χ3n) is 6.83. The van der Waals surface area contributed by atoms with Gasteiger partial charge in [-0.15, -0.1) is 0 Å². The van der Waals surface area contributed by atoms with Crippen molar-refractivity contribution < 1.29 is 14.3 Å². The molecule has 3 N–H and O–H groups in total. The molecule has 6 heteroatoms. The zero-order valence-electron chi connectivity index (χ0n) is 17.5. The summed E-state index contributed by atoms with van der Waals surface area (Å²) in [6, 6.07) is 11.9. The number of allylic oxidation sites excluding steroid dienone is 4. The Labute approximate surface area is 189 Å². The number of nitrogens with one attached hydrogen (secondary N) is 3. The number of hydrogen-bond donors (Lipinski definition) is 3. The average molecular weight is 433 g/mol. The fourth-order valence-electron chi connectivity index (χ4n) is 5.39. The molecule has 2 aromatic rings. The maximum atomic E-state index is 12.9. The Morgan fingerprint density at radius 3 is 2.61 bits per heavy atom. The standard InChI is InChI=1S/C27H19N3O3/c31-26-22-20-17-9-7-16(33-13-14-4-2-1-3-5-14)12-19(17)29-25(20)18-8-6-15-10-11-28-24(15)21(18)23(22)27(32)30-26/h1-12,19,21,28-29H,13H2,(H,30,31,32). The molecule has 3 heterocycles. The van der Waals surface area contributed by atoms with Crippen molar-refractivity contribution in [3.8, 4) is 0 Å². The second-order valence-electron chi connectivity index (χ2n) is 8.64. The van der Waals surface area contributed by atoms with Gasteiger partial charge in [-0.25, -0.2) is 0 Å². The number of benzene rings is 1. The van der Waals surface area contributed by atoms with E-state index in [1.165, 1.54) is 0 Å². The topological polar surface area (TPSA) is 83.2 Å². The molecule has 0 bridgehead atoms. The van der Waals surface area contributed by atoms with Crippen LogP contribution >= 0.6 is 0 Å². The van der Waals surface area contributed by atoms with Crippen molar-refractivity contribution in [3.63, 3.8) is 0 Å². The van der Waals surface area contributed by atoms with Gasteiger partial charge >= 0.3 is 0 Å². The SMILES string of the molecule is O=C1NC(=O)C2=C1C1=C3C=CC(OCc4ccccc4)=CC3NC1=C1C=Cc3cc[nH]c3C12. The summed E-state index contributed by atoms with van der Waals surface area (Å²) in [4.78, 5) is 29.1. The molecule has 33 heavy (non-hydrogen) atoms. The number of hydrogen-bond acceptors (Lipinski definition) is 4. The lowest BCUT2D eigenvalue weighted by molar-refractivity contribution is -0.124. The highest BCUT2D eigenvalue weighted by molar-refractivity contribution is 6.24. The maximum absolute atomic E-state index is 12.9. The van der Waals surface area contributed by atoms with Crippen molar-refractivity contribution in [1.82, 2.24) is 15.6 Å². The first kappa shape index (κ1) is 18.3. The third kappa shape index (κ3) is 2.55. The number of carbonyl (C=O) groups is 2. The Hall–Kier alpha value is -4.32. The minimum absolute atomic E-state index is 0.132. The van der Waals surface area contributed by atoms with Crippen LogP contribution in [0.25, 0.3) is 6.08 Å². The average Bonchev–Trinajstić information content (AvgIpc) is 3.53. The summed E-state index contributed by atoms with van der Waals surface area (Å²) >= 11 is 0. The summed E-state index contributed by atoms with van der Waals surface area (Å²) in [5.74, 6) is -0.169. The van der Waals surface area contributed by atoms with Gasteiger partial charge in [0.2, 0.25) is 0 Å². The Balaban J connectivity index is 1.32. The van der Waals surface area contributed by atoms with E-state index in [-0.39, 0.29) is 23.8 Å². The number of fused-ring (bicyclic) bond motifs is 7. The van der Waals surface area contributed by atoms with Gasteiger partial charge in [0.1, 0.15) is 12.4 Å². The van der Waals surface area contributed by atoms with Crippen LogP contribution < -0.4 is 10.6 Å². The predicted molar refractivity (Wildman–Crippen MR) is 122 cm³/mol. The Morgan fingerprint density at radius 2 is 1.73 bits per heavy atom. The quantitative estimate of drug-likeness (QED) is 0.649. The summed E-state index contributed by atoms with van der Waals surface area (Å²) in [7, 11) is 0. The first-order valence-corrected chi connectivity index (χ1v) is 11.0. The first-order valence-electron chi connectivity index (χ1n) is 11.0. The van der Waals surface area contributed by atoms with Crippen molar-refractivity contribution in [2.75, 3.05) is 0 Å². The summed E-state index contributed by atoms with van der Waals surface area (Å²) in [5.41, 5.74) is 7.79. The molecule has 1 aromatic carbocycles. The van der Waals surface area contributed by atoms with Crippen LogP contribution in [-0.4, -0.2) is 22.8 Å². The minimum Gasteiger partial charge on any atom is -0.489 e. The normalized spacial score (nSPS) is 24.1. The van der Waals surface area contributed by atoms with Crippen LogP contribution in [0.4, 0.5) is 0 Å². The van der Waals surface area contributed by atoms with Gasteiger partial charge in [-0.2, -0.15) is 0 Å². The first-order chi connectivity index (χ1) is 16.2. The minimum atomic E-state index is -0.331. The fourth-order valence-corrected chi connectivity index (χ4v) is 5.39. The molecule has 0 saturated carbocycles. The summed E-state index contributed by atoms with van der Waals surface area (Å²) in [6.07, 6.45) is 11.9. The number of aromatic nitrogens is 1. The van der Waals surface area contributed by atoms with Crippen LogP contribution in [0.3, 0.4) is 0 Å². The lowest BCUT2D eigenvalue weighted by atomic mass is 9.73. The number of H-pyrrole nitrogens is 1. The molecule has 2 unspecified atom stereocenters. The van der Waals surface area contributed by atoms with E-state index in [0.717, 1.165) is 45.0 Å². The van der Waals surface area contributed by atoms with Crippen LogP contribution in [0.15, 0.2) is 106 Å². The second kappa shape index (κ2) is 6.59. The van der Waals surface area contributed by atoms with E-state index in [9.17, 15) is 9.59 Å². The molecule has 0 spiro atoms. The number of ether oxygens (including phenoxy) is 1.